The molecule has 0 unspecified atom stereocenters. The number of nitrogens with zero attached hydrogens (tertiary/aromatic N) is 1. The zero-order valence-corrected chi connectivity index (χ0v) is 17.7. The molecule has 0 fully saturated rings. The zero-order chi connectivity index (χ0) is 21.5. The highest BCUT2D eigenvalue weighted by Gasteiger charge is 2.19. The summed E-state index contributed by atoms with van der Waals surface area (Å²) in [6.45, 7) is 0.456. The van der Waals surface area contributed by atoms with Crippen LogP contribution in [0.4, 0.5) is 11.4 Å². The highest BCUT2D eigenvalue weighted by molar-refractivity contribution is 7.12. The van der Waals surface area contributed by atoms with Crippen molar-refractivity contribution < 1.29 is 9.59 Å². The summed E-state index contributed by atoms with van der Waals surface area (Å²) in [7, 11) is 0. The van der Waals surface area contributed by atoms with Crippen LogP contribution in [0, 0.1) is 0 Å². The third-order valence-electron chi connectivity index (χ3n) is 4.81. The monoisotopic (exact) mass is 426 g/mol. The van der Waals surface area contributed by atoms with Crippen molar-refractivity contribution in [1.82, 2.24) is 0 Å². The summed E-state index contributed by atoms with van der Waals surface area (Å²) in [5, 5.41) is 4.81. The zero-order valence-electron chi connectivity index (χ0n) is 16.9. The first-order chi connectivity index (χ1) is 15.2. The molecule has 4 aromatic rings. The van der Waals surface area contributed by atoms with Gasteiger partial charge in [0.1, 0.15) is 0 Å². The molecule has 1 N–H and O–H groups in total. The molecule has 4 nitrogen and oxygen atoms in total. The number of anilines is 2. The van der Waals surface area contributed by atoms with Gasteiger partial charge in [0, 0.05) is 11.4 Å². The topological polar surface area (TPSA) is 49.4 Å². The van der Waals surface area contributed by atoms with Crippen molar-refractivity contribution in [3.63, 3.8) is 0 Å². The van der Waals surface area contributed by atoms with Gasteiger partial charge in [-0.25, -0.2) is 0 Å². The first-order valence-corrected chi connectivity index (χ1v) is 10.9. The lowest BCUT2D eigenvalue weighted by Gasteiger charge is -2.23. The number of amides is 2. The lowest BCUT2D eigenvalue weighted by Crippen LogP contribution is -2.30. The van der Waals surface area contributed by atoms with E-state index in [1.165, 1.54) is 11.3 Å². The van der Waals surface area contributed by atoms with Crippen molar-refractivity contribution in [3.8, 4) is 0 Å². The molecular weight excluding hydrogens is 404 g/mol. The fraction of sp³-hybridized carbons (Fsp3) is 0.0769. The summed E-state index contributed by atoms with van der Waals surface area (Å²) in [5.74, 6) is -0.146. The number of rotatable bonds is 7. The van der Waals surface area contributed by atoms with Crippen molar-refractivity contribution in [2.45, 2.75) is 13.0 Å². The molecule has 1 heterocycles. The van der Waals surface area contributed by atoms with Gasteiger partial charge in [0.15, 0.2) is 0 Å². The van der Waals surface area contributed by atoms with Gasteiger partial charge < -0.3 is 10.2 Å². The molecule has 2 amide bonds. The Balaban J connectivity index is 1.56. The van der Waals surface area contributed by atoms with Gasteiger partial charge in [-0.3, -0.25) is 9.59 Å². The molecule has 0 aliphatic heterocycles. The molecule has 5 heteroatoms. The van der Waals surface area contributed by atoms with Crippen LogP contribution < -0.4 is 10.2 Å². The van der Waals surface area contributed by atoms with E-state index in [1.54, 1.807) is 4.90 Å². The molecule has 4 rings (SSSR count). The molecule has 0 aliphatic carbocycles. The van der Waals surface area contributed by atoms with Crippen LogP contribution in [-0.2, 0) is 17.8 Å². The van der Waals surface area contributed by atoms with E-state index in [0.29, 0.717) is 11.4 Å². The number of thiophene rings is 1. The van der Waals surface area contributed by atoms with Crippen LogP contribution in [-0.4, -0.2) is 11.8 Å². The van der Waals surface area contributed by atoms with E-state index in [0.717, 1.165) is 22.5 Å². The average molecular weight is 427 g/mol. The molecule has 0 saturated heterocycles. The second kappa shape index (κ2) is 9.87. The minimum Gasteiger partial charge on any atom is -0.326 e. The quantitative estimate of drug-likeness (QED) is 0.407. The predicted molar refractivity (Wildman–Crippen MR) is 126 cm³/mol. The minimum atomic E-state index is -0.0949. The van der Waals surface area contributed by atoms with Crippen LogP contribution in [0.3, 0.4) is 0 Å². The molecule has 0 radical (unpaired) electrons. The van der Waals surface area contributed by atoms with E-state index >= 15 is 0 Å². The van der Waals surface area contributed by atoms with Crippen molar-refractivity contribution in [2.75, 3.05) is 10.2 Å². The van der Waals surface area contributed by atoms with E-state index < -0.39 is 0 Å². The maximum atomic E-state index is 13.2. The fourth-order valence-corrected chi connectivity index (χ4v) is 4.00. The lowest BCUT2D eigenvalue weighted by atomic mass is 10.1. The standard InChI is InChI=1S/C26H22N2O2S/c29-25(27-22-12-5-2-6-13-22)18-21-11-7-14-23(17-21)28(19-20-9-3-1-4-10-20)26(30)24-15-8-16-31-24/h1-17H,18-19H2,(H,27,29). The van der Waals surface area contributed by atoms with Gasteiger partial charge in [0.2, 0.25) is 5.91 Å². The maximum absolute atomic E-state index is 13.2. The Morgan fingerprint density at radius 1 is 0.774 bits per heavy atom. The van der Waals surface area contributed by atoms with Gasteiger partial charge in [-0.2, -0.15) is 0 Å². The van der Waals surface area contributed by atoms with Gasteiger partial charge in [-0.1, -0.05) is 66.7 Å². The van der Waals surface area contributed by atoms with E-state index in [1.807, 2.05) is 102 Å². The Kier molecular flexibility index (Phi) is 6.55. The molecule has 0 saturated carbocycles. The van der Waals surface area contributed by atoms with E-state index in [9.17, 15) is 9.59 Å². The third-order valence-corrected chi connectivity index (χ3v) is 5.66. The maximum Gasteiger partial charge on any atom is 0.268 e. The Morgan fingerprint density at radius 2 is 1.48 bits per heavy atom. The number of carbonyl (C=O) groups excluding carboxylic acids is 2. The number of nitrogens with one attached hydrogen (secondary N) is 1. The van der Waals surface area contributed by atoms with E-state index in [4.69, 9.17) is 0 Å². The Hall–Kier alpha value is -3.70. The summed E-state index contributed by atoms with van der Waals surface area (Å²) >= 11 is 1.43. The van der Waals surface area contributed by atoms with E-state index in [-0.39, 0.29) is 18.2 Å². The van der Waals surface area contributed by atoms with Crippen molar-refractivity contribution in [3.05, 3.63) is 118 Å². The summed E-state index contributed by atoms with van der Waals surface area (Å²) in [5.41, 5.74) is 3.43. The second-order valence-electron chi connectivity index (χ2n) is 7.12. The first kappa shape index (κ1) is 20.6. The molecule has 1 aromatic heterocycles. The Morgan fingerprint density at radius 3 is 2.19 bits per heavy atom. The van der Waals surface area contributed by atoms with Crippen molar-refractivity contribution in [2.24, 2.45) is 0 Å². The van der Waals surface area contributed by atoms with Crippen LogP contribution in [0.5, 0.6) is 0 Å². The normalized spacial score (nSPS) is 10.5. The molecule has 31 heavy (non-hydrogen) atoms. The largest absolute Gasteiger partial charge is 0.326 e. The molecule has 0 spiro atoms. The third kappa shape index (κ3) is 5.47. The number of hydrogen-bond acceptors (Lipinski definition) is 3. The summed E-state index contributed by atoms with van der Waals surface area (Å²) in [4.78, 5) is 28.2. The molecular formula is C26H22N2O2S. The molecule has 0 bridgehead atoms. The highest BCUT2D eigenvalue weighted by Crippen LogP contribution is 2.24. The Bertz CT molecular complexity index is 1140. The second-order valence-corrected chi connectivity index (χ2v) is 8.06. The van der Waals surface area contributed by atoms with Gasteiger partial charge in [0.05, 0.1) is 17.8 Å². The number of para-hydroxylation sites is 1. The van der Waals surface area contributed by atoms with Crippen molar-refractivity contribution in [1.29, 1.82) is 0 Å². The van der Waals surface area contributed by atoms with Gasteiger partial charge in [-0.15, -0.1) is 11.3 Å². The first-order valence-electron chi connectivity index (χ1n) is 10.0. The van der Waals surface area contributed by atoms with E-state index in [2.05, 4.69) is 5.32 Å². The fourth-order valence-electron chi connectivity index (χ4n) is 3.33. The van der Waals surface area contributed by atoms with Crippen LogP contribution in [0.1, 0.15) is 20.8 Å². The summed E-state index contributed by atoms with van der Waals surface area (Å²) in [6.07, 6.45) is 0.231. The van der Waals surface area contributed by atoms with Gasteiger partial charge in [0.25, 0.3) is 5.91 Å². The van der Waals surface area contributed by atoms with Crippen LogP contribution in [0.25, 0.3) is 0 Å². The highest BCUT2D eigenvalue weighted by atomic mass is 32.1. The van der Waals surface area contributed by atoms with Crippen LogP contribution in [0.15, 0.2) is 102 Å². The van der Waals surface area contributed by atoms with Crippen LogP contribution >= 0.6 is 11.3 Å². The smallest absolute Gasteiger partial charge is 0.268 e. The van der Waals surface area contributed by atoms with Gasteiger partial charge >= 0.3 is 0 Å². The molecule has 154 valence electrons. The molecule has 3 aromatic carbocycles. The Labute approximate surface area is 185 Å². The molecule has 0 aliphatic rings. The van der Waals surface area contributed by atoms with Gasteiger partial charge in [-0.05, 0) is 46.8 Å². The van der Waals surface area contributed by atoms with Crippen LogP contribution in [0.2, 0.25) is 0 Å². The van der Waals surface area contributed by atoms with Crippen molar-refractivity contribution >= 4 is 34.5 Å². The number of carbonyl (C=O) groups is 2. The number of hydrogen-bond donors (Lipinski definition) is 1. The molecule has 0 atom stereocenters. The minimum absolute atomic E-state index is 0.0512. The number of benzene rings is 3. The predicted octanol–water partition coefficient (Wildman–Crippen LogP) is 5.78. The summed E-state index contributed by atoms with van der Waals surface area (Å²) < 4.78 is 0. The lowest BCUT2D eigenvalue weighted by molar-refractivity contribution is -0.115. The SMILES string of the molecule is O=C(Cc1cccc(N(Cc2ccccc2)C(=O)c2cccs2)c1)Nc1ccccc1. The average Bonchev–Trinajstić information content (AvgIpc) is 3.34. The summed E-state index contributed by atoms with van der Waals surface area (Å²) in [6, 6.07) is 30.6.